The van der Waals surface area contributed by atoms with E-state index in [4.69, 9.17) is 0 Å². The van der Waals surface area contributed by atoms with Crippen molar-refractivity contribution in [2.24, 2.45) is 0 Å². The quantitative estimate of drug-likeness (QED) is 0.0157. The summed E-state index contributed by atoms with van der Waals surface area (Å²) in [6.45, 7) is 19.2. The highest BCUT2D eigenvalue weighted by molar-refractivity contribution is 6.03. The van der Waals surface area contributed by atoms with Gasteiger partial charge in [0.15, 0.2) is 5.71 Å². The number of hydrogen-bond acceptors (Lipinski definition) is 11. The third-order valence-electron chi connectivity index (χ3n) is 16.1. The summed E-state index contributed by atoms with van der Waals surface area (Å²) in [5.74, 6) is 0. The molecule has 2 atom stereocenters. The van der Waals surface area contributed by atoms with Crippen molar-refractivity contribution in [3.05, 3.63) is 215 Å². The molecule has 0 saturated heterocycles. The van der Waals surface area contributed by atoms with Crippen LogP contribution in [0, 0.1) is 0 Å². The van der Waals surface area contributed by atoms with Crippen molar-refractivity contribution in [2.75, 3.05) is 105 Å². The standard InChI is InChI=1S/C69H86N12O4/c1-11-18-64(80(15-5)56-38-40-60-62(46-56)68(84)74-72-66(60)82)70-42-44-78(13-3)54-34-26-50(27-35-54)58(48-22-30-52(31-23-48)76(7)8)20-17-21-59(49-24-32-53(33-25-49)77(9)10)51-28-36-55(37-29-51)79(14-4)45-43-71-65(19-12-2)81(16-6)57-39-41-61-63(47-57)69(85)75-73-67(61)83/h17,20-41,46-47,64-65,70-71H,11-16,18-19,42-45H2,1-10H3,(H3-,72,73,74,75,82,83,84,85)/p+1. The van der Waals surface area contributed by atoms with Crippen LogP contribution in [0.4, 0.5) is 28.4 Å². The van der Waals surface area contributed by atoms with E-state index >= 15 is 0 Å². The molecular weight excluding hydrogens is 1060 g/mol. The third kappa shape index (κ3) is 15.2. The number of nitrogens with one attached hydrogen (secondary N) is 6. The SMILES string of the molecule is CCCC(NCCN(CC)c1ccc(C(=CC=CC(=C2C=CC(=[N+](C)C)C=C2)c2ccc(N(CC)CCNC(CCC)N(CC)c3ccc4c(=O)[nH][nH]c(=O)c4c3)cc2)c2ccc(N(C)C)cc2)cc1)N(CC)c1ccc2c(=O)[nH][nH]c(=O)c2c1. The Morgan fingerprint density at radius 3 is 1.28 bits per heavy atom. The first-order valence-corrected chi connectivity index (χ1v) is 30.2. The van der Waals surface area contributed by atoms with E-state index in [1.807, 2.05) is 24.3 Å². The summed E-state index contributed by atoms with van der Waals surface area (Å²) in [5.41, 5.74) is 11.8. The number of H-pyrrole nitrogens is 4. The molecule has 5 aromatic carbocycles. The largest absolute Gasteiger partial charge is 0.378 e. The van der Waals surface area contributed by atoms with Crippen LogP contribution < -0.4 is 57.4 Å². The molecule has 0 bridgehead atoms. The molecule has 2 heterocycles. The van der Waals surface area contributed by atoms with E-state index in [1.54, 1.807) is 12.1 Å². The smallest absolute Gasteiger partial charge is 0.270 e. The normalized spacial score (nSPS) is 13.2. The van der Waals surface area contributed by atoms with Gasteiger partial charge in [0.1, 0.15) is 14.1 Å². The number of allylic oxidation sites excluding steroid dienone is 9. The number of aromatic nitrogens is 4. The van der Waals surface area contributed by atoms with Crippen molar-refractivity contribution in [2.45, 2.75) is 79.6 Å². The van der Waals surface area contributed by atoms with Gasteiger partial charge in [-0.2, -0.15) is 0 Å². The lowest BCUT2D eigenvalue weighted by atomic mass is 9.94. The van der Waals surface area contributed by atoms with Gasteiger partial charge in [0.05, 0.1) is 33.9 Å². The van der Waals surface area contributed by atoms with E-state index in [-0.39, 0.29) is 34.6 Å². The highest BCUT2D eigenvalue weighted by Gasteiger charge is 2.21. The van der Waals surface area contributed by atoms with E-state index in [2.05, 4.69) is 245 Å². The van der Waals surface area contributed by atoms with Crippen LogP contribution in [0.5, 0.6) is 0 Å². The number of anilines is 5. The summed E-state index contributed by atoms with van der Waals surface area (Å²) in [6.07, 6.45) is 19.3. The second-order valence-corrected chi connectivity index (χ2v) is 21.9. The molecule has 6 N–H and O–H groups in total. The first-order valence-electron chi connectivity index (χ1n) is 30.2. The van der Waals surface area contributed by atoms with Crippen LogP contribution in [-0.4, -0.2) is 124 Å². The van der Waals surface area contributed by atoms with E-state index in [1.165, 1.54) is 0 Å². The fourth-order valence-electron chi connectivity index (χ4n) is 11.4. The Bertz CT molecular complexity index is 3800. The van der Waals surface area contributed by atoms with E-state index in [9.17, 15) is 19.2 Å². The summed E-state index contributed by atoms with van der Waals surface area (Å²) in [4.78, 5) is 61.8. The van der Waals surface area contributed by atoms with Gasteiger partial charge in [0.25, 0.3) is 22.2 Å². The number of rotatable bonds is 28. The summed E-state index contributed by atoms with van der Waals surface area (Å²) >= 11 is 0. The van der Waals surface area contributed by atoms with Gasteiger partial charge < -0.3 is 24.5 Å². The minimum atomic E-state index is -0.312. The predicted octanol–water partition coefficient (Wildman–Crippen LogP) is 10.2. The van der Waals surface area contributed by atoms with E-state index in [0.717, 1.165) is 146 Å². The van der Waals surface area contributed by atoms with Gasteiger partial charge in [0.2, 0.25) is 0 Å². The molecule has 0 spiro atoms. The van der Waals surface area contributed by atoms with Gasteiger partial charge in [-0.05, 0) is 159 Å². The van der Waals surface area contributed by atoms with Crippen molar-refractivity contribution in [1.82, 2.24) is 31.0 Å². The number of aromatic amines is 4. The van der Waals surface area contributed by atoms with Crippen molar-refractivity contribution in [3.8, 4) is 0 Å². The summed E-state index contributed by atoms with van der Waals surface area (Å²) in [7, 11) is 8.25. The van der Waals surface area contributed by atoms with Crippen molar-refractivity contribution in [1.29, 1.82) is 0 Å². The van der Waals surface area contributed by atoms with Crippen LogP contribution in [-0.2, 0) is 0 Å². The first kappa shape index (κ1) is 62.3. The lowest BCUT2D eigenvalue weighted by Gasteiger charge is -2.34. The van der Waals surface area contributed by atoms with Crippen molar-refractivity contribution < 1.29 is 4.58 Å². The molecule has 1 aliphatic rings. The van der Waals surface area contributed by atoms with Gasteiger partial charge in [-0.25, -0.2) is 4.58 Å². The maximum Gasteiger partial charge on any atom is 0.270 e. The second-order valence-electron chi connectivity index (χ2n) is 21.9. The van der Waals surface area contributed by atoms with Gasteiger partial charge >= 0.3 is 0 Å². The van der Waals surface area contributed by atoms with E-state index < -0.39 is 0 Å². The average Bonchev–Trinajstić information content (AvgIpc) is 3.70. The number of likely N-dealkylation sites (N-methyl/N-ethyl adjacent to an activating group) is 2. The highest BCUT2D eigenvalue weighted by atomic mass is 16.2. The molecule has 446 valence electrons. The Morgan fingerprint density at radius 2 is 0.894 bits per heavy atom. The van der Waals surface area contributed by atoms with Crippen molar-refractivity contribution >= 4 is 66.8 Å². The Balaban J connectivity index is 1.01. The highest BCUT2D eigenvalue weighted by Crippen LogP contribution is 2.31. The topological polar surface area (TPSA) is 175 Å². The Hall–Kier alpha value is -8.73. The van der Waals surface area contributed by atoms with Gasteiger partial charge in [-0.1, -0.05) is 81.3 Å². The van der Waals surface area contributed by atoms with Crippen LogP contribution in [0.1, 0.15) is 83.9 Å². The monoisotopic (exact) mass is 1150 g/mol. The van der Waals surface area contributed by atoms with Crippen LogP contribution in [0.25, 0.3) is 32.7 Å². The number of nitrogens with zero attached hydrogens (tertiary/aromatic N) is 6. The predicted molar refractivity (Wildman–Crippen MR) is 358 cm³/mol. The van der Waals surface area contributed by atoms with E-state index in [0.29, 0.717) is 21.5 Å². The van der Waals surface area contributed by atoms with Gasteiger partial charge in [-0.3, -0.25) is 50.2 Å². The minimum absolute atomic E-state index is 0.0353. The maximum atomic E-state index is 12.7. The Kier molecular flexibility index (Phi) is 21.8. The van der Waals surface area contributed by atoms with Crippen LogP contribution in [0.15, 0.2) is 176 Å². The molecule has 7 aromatic rings. The molecule has 16 heteroatoms. The molecule has 2 unspecified atom stereocenters. The molecule has 0 fully saturated rings. The van der Waals surface area contributed by atoms with Crippen LogP contribution >= 0.6 is 0 Å². The molecular formula is C69H87N12O4+. The minimum Gasteiger partial charge on any atom is -0.378 e. The van der Waals surface area contributed by atoms with Crippen LogP contribution in [0.3, 0.4) is 0 Å². The fraction of sp³-hybridized carbons (Fsp3) is 0.348. The zero-order valence-electron chi connectivity index (χ0n) is 51.4. The zero-order chi connectivity index (χ0) is 60.6. The summed E-state index contributed by atoms with van der Waals surface area (Å²) < 4.78 is 2.12. The second kappa shape index (κ2) is 29.7. The fourth-order valence-corrected chi connectivity index (χ4v) is 11.4. The number of hydrogen-bond donors (Lipinski definition) is 6. The molecule has 0 saturated carbocycles. The number of benzene rings is 5. The molecule has 1 aliphatic carbocycles. The molecule has 0 radical (unpaired) electrons. The Morgan fingerprint density at radius 1 is 0.494 bits per heavy atom. The number of fused-ring (bicyclic) bond motifs is 2. The zero-order valence-corrected chi connectivity index (χ0v) is 51.4. The van der Waals surface area contributed by atoms with Gasteiger partial charge in [-0.15, -0.1) is 0 Å². The molecule has 0 aliphatic heterocycles. The average molecular weight is 1150 g/mol. The molecule has 8 rings (SSSR count). The maximum absolute atomic E-state index is 12.7. The Labute approximate surface area is 500 Å². The van der Waals surface area contributed by atoms with Crippen molar-refractivity contribution in [3.63, 3.8) is 0 Å². The summed E-state index contributed by atoms with van der Waals surface area (Å²) in [5, 5.41) is 19.0. The molecule has 2 aromatic heterocycles. The molecule has 85 heavy (non-hydrogen) atoms. The molecule has 16 nitrogen and oxygen atoms in total. The molecule has 0 amide bonds. The lowest BCUT2D eigenvalue weighted by molar-refractivity contribution is -0.462. The first-order chi connectivity index (χ1) is 41.2. The van der Waals surface area contributed by atoms with Crippen LogP contribution in [0.2, 0.25) is 0 Å². The summed E-state index contributed by atoms with van der Waals surface area (Å²) in [6, 6.07) is 37.6. The lowest BCUT2D eigenvalue weighted by Crippen LogP contribution is -2.48. The van der Waals surface area contributed by atoms with Gasteiger partial charge in [0, 0.05) is 107 Å². The third-order valence-corrected chi connectivity index (χ3v) is 16.1.